The van der Waals surface area contributed by atoms with E-state index in [1.165, 1.54) is 17.7 Å². The molecule has 2 aliphatic carbocycles. The van der Waals surface area contributed by atoms with E-state index in [4.69, 9.17) is 0 Å². The molecule has 3 nitrogen and oxygen atoms in total. The Morgan fingerprint density at radius 3 is 2.35 bits per heavy atom. The van der Waals surface area contributed by atoms with Crippen molar-refractivity contribution >= 4 is 5.91 Å². The van der Waals surface area contributed by atoms with Gasteiger partial charge in [0.2, 0.25) is 5.91 Å². The molecule has 0 bridgehead atoms. The highest BCUT2D eigenvalue weighted by molar-refractivity contribution is 5.78. The molecule has 2 fully saturated rings. The van der Waals surface area contributed by atoms with Crippen LogP contribution in [0.1, 0.15) is 72.3 Å². The summed E-state index contributed by atoms with van der Waals surface area (Å²) >= 11 is 0. The van der Waals surface area contributed by atoms with Gasteiger partial charge in [0.05, 0.1) is 7.18 Å². The third-order valence-corrected chi connectivity index (χ3v) is 6.37. The van der Waals surface area contributed by atoms with E-state index in [-0.39, 0.29) is 0 Å². The number of alkyl halides is 1. The quantitative estimate of drug-likeness (QED) is 0.393. The van der Waals surface area contributed by atoms with Crippen molar-refractivity contribution in [3.05, 3.63) is 65.6 Å². The highest BCUT2D eigenvalue weighted by Gasteiger charge is 2.43. The molecule has 190 valence electrons. The van der Waals surface area contributed by atoms with Gasteiger partial charge < -0.3 is 9.80 Å². The van der Waals surface area contributed by atoms with Crippen molar-refractivity contribution < 1.29 is 9.18 Å². The minimum atomic E-state index is 0.317. The standard InChI is InChI=1S/C25H32N2O.2C2H6.CH3F/c1-2-8-25(28)27(24-12-7-6-11-21-19-23(21)24)22-14-17-26(18-15-22)16-13-20-9-4-3-5-10-20;3*1-2/h3-5,7,9-12,21-23H,2,8,13-19H2,1H3;2*1-2H3;1H3. The molecule has 1 heterocycles. The lowest BCUT2D eigenvalue weighted by atomic mass is 9.99. The van der Waals surface area contributed by atoms with E-state index >= 15 is 0 Å². The topological polar surface area (TPSA) is 23.6 Å². The van der Waals surface area contributed by atoms with Crippen LogP contribution in [0, 0.1) is 11.8 Å². The number of piperidine rings is 1. The Labute approximate surface area is 208 Å². The molecule has 0 N–H and O–H groups in total. The molecule has 1 aliphatic heterocycles. The summed E-state index contributed by atoms with van der Waals surface area (Å²) in [6, 6.07) is 11.1. The van der Waals surface area contributed by atoms with Crippen molar-refractivity contribution in [1.29, 1.82) is 0 Å². The second-order valence-electron chi connectivity index (χ2n) is 8.42. The van der Waals surface area contributed by atoms with Crippen LogP contribution in [-0.4, -0.2) is 48.6 Å². The van der Waals surface area contributed by atoms with Crippen LogP contribution in [0.3, 0.4) is 0 Å². The number of hydrogen-bond acceptors (Lipinski definition) is 2. The molecule has 2 unspecified atom stereocenters. The summed E-state index contributed by atoms with van der Waals surface area (Å²) in [6.45, 7) is 13.4. The Hall–Kier alpha value is -2.16. The highest BCUT2D eigenvalue weighted by atomic mass is 19.1. The maximum absolute atomic E-state index is 13.0. The van der Waals surface area contributed by atoms with Gasteiger partial charge in [0.1, 0.15) is 0 Å². The lowest BCUT2D eigenvalue weighted by molar-refractivity contribution is -0.132. The molecule has 1 saturated heterocycles. The zero-order valence-corrected chi connectivity index (χ0v) is 22.4. The molecule has 1 aromatic carbocycles. The number of halogens is 1. The maximum atomic E-state index is 13.0. The number of rotatable bonds is 7. The fourth-order valence-electron chi connectivity index (χ4n) is 4.66. The molecular formula is C30H47FN2O. The average molecular weight is 471 g/mol. The Kier molecular flexibility index (Phi) is 15.2. The van der Waals surface area contributed by atoms with Crippen molar-refractivity contribution in [2.24, 2.45) is 11.8 Å². The Bertz CT molecular complexity index is 774. The predicted molar refractivity (Wildman–Crippen MR) is 143 cm³/mol. The second-order valence-corrected chi connectivity index (χ2v) is 8.42. The Morgan fingerprint density at radius 2 is 1.74 bits per heavy atom. The lowest BCUT2D eigenvalue weighted by Crippen LogP contribution is -2.47. The first-order valence-electron chi connectivity index (χ1n) is 13.3. The molecule has 4 heteroatoms. The van der Waals surface area contributed by atoms with Crippen LogP contribution < -0.4 is 0 Å². The van der Waals surface area contributed by atoms with Gasteiger partial charge >= 0.3 is 0 Å². The number of allylic oxidation sites excluding steroid dienone is 3. The summed E-state index contributed by atoms with van der Waals surface area (Å²) in [5.74, 6) is 1.44. The van der Waals surface area contributed by atoms with Crippen molar-refractivity contribution in [3.63, 3.8) is 0 Å². The molecular weight excluding hydrogens is 423 g/mol. The van der Waals surface area contributed by atoms with Crippen LogP contribution in [0.4, 0.5) is 4.39 Å². The van der Waals surface area contributed by atoms with Crippen LogP contribution in [0.2, 0.25) is 0 Å². The van der Waals surface area contributed by atoms with E-state index in [9.17, 15) is 9.18 Å². The summed E-state index contributed by atoms with van der Waals surface area (Å²) in [5.41, 5.74) is 5.93. The van der Waals surface area contributed by atoms with Gasteiger partial charge in [-0.3, -0.25) is 9.18 Å². The lowest BCUT2D eigenvalue weighted by Gasteiger charge is -2.40. The molecule has 0 spiro atoms. The number of nitrogens with zero attached hydrogens (tertiary/aromatic N) is 2. The predicted octanol–water partition coefficient (Wildman–Crippen LogP) is 7.21. The summed E-state index contributed by atoms with van der Waals surface area (Å²) in [5, 5.41) is 0. The number of carbonyl (C=O) groups is 1. The molecule has 1 saturated carbocycles. The monoisotopic (exact) mass is 470 g/mol. The third kappa shape index (κ3) is 8.89. The van der Waals surface area contributed by atoms with Crippen LogP contribution in [0.15, 0.2) is 60.0 Å². The number of carbonyl (C=O) groups excluding carboxylic acids is 1. The maximum Gasteiger partial charge on any atom is 0.226 e. The first-order chi connectivity index (χ1) is 16.8. The van der Waals surface area contributed by atoms with Gasteiger partial charge in [-0.25, -0.2) is 0 Å². The molecule has 0 aromatic heterocycles. The van der Waals surface area contributed by atoms with E-state index in [0.29, 0.717) is 37.4 Å². The van der Waals surface area contributed by atoms with Gasteiger partial charge in [-0.2, -0.15) is 0 Å². The van der Waals surface area contributed by atoms with Crippen molar-refractivity contribution in [2.45, 2.75) is 79.2 Å². The number of hydrogen-bond donors (Lipinski definition) is 0. The van der Waals surface area contributed by atoms with Crippen LogP contribution in [0.5, 0.6) is 0 Å². The zero-order valence-electron chi connectivity index (χ0n) is 22.4. The third-order valence-electron chi connectivity index (χ3n) is 6.37. The van der Waals surface area contributed by atoms with E-state index in [2.05, 4.69) is 64.9 Å². The Balaban J connectivity index is 0.000000894. The van der Waals surface area contributed by atoms with E-state index in [1.54, 1.807) is 0 Å². The SMILES string of the molecule is CC.CC.CCCC(=O)N(C1=CC=C=CC2CC12)C1CCN(CCc2ccccc2)CC1.CF. The molecule has 1 aromatic rings. The van der Waals surface area contributed by atoms with Gasteiger partial charge in [0.15, 0.2) is 0 Å². The number of fused-ring (bicyclic) bond motifs is 1. The van der Waals surface area contributed by atoms with Gasteiger partial charge in [0.25, 0.3) is 0 Å². The van der Waals surface area contributed by atoms with E-state index in [1.807, 2.05) is 33.8 Å². The van der Waals surface area contributed by atoms with Gasteiger partial charge in [-0.15, -0.1) is 5.73 Å². The summed E-state index contributed by atoms with van der Waals surface area (Å²) < 4.78 is 9.50. The van der Waals surface area contributed by atoms with Crippen molar-refractivity contribution in [3.8, 4) is 0 Å². The second kappa shape index (κ2) is 17.3. The van der Waals surface area contributed by atoms with Gasteiger partial charge in [-0.1, -0.05) is 65.0 Å². The van der Waals surface area contributed by atoms with Crippen LogP contribution >= 0.6 is 0 Å². The fraction of sp³-hybridized carbons (Fsp3) is 0.600. The van der Waals surface area contributed by atoms with Crippen LogP contribution in [0.25, 0.3) is 0 Å². The summed E-state index contributed by atoms with van der Waals surface area (Å²) in [7, 11) is 0.500. The zero-order chi connectivity index (χ0) is 25.3. The molecule has 34 heavy (non-hydrogen) atoms. The molecule has 4 rings (SSSR count). The minimum Gasteiger partial charge on any atom is -0.313 e. The average Bonchev–Trinajstić information content (AvgIpc) is 3.70. The fourth-order valence-corrected chi connectivity index (χ4v) is 4.66. The first kappa shape index (κ1) is 29.9. The van der Waals surface area contributed by atoms with Crippen molar-refractivity contribution in [1.82, 2.24) is 9.80 Å². The van der Waals surface area contributed by atoms with Gasteiger partial charge in [-0.05, 0) is 61.8 Å². The van der Waals surface area contributed by atoms with E-state index < -0.39 is 0 Å². The number of benzene rings is 1. The van der Waals surface area contributed by atoms with Crippen LogP contribution in [-0.2, 0) is 11.2 Å². The molecule has 0 radical (unpaired) electrons. The van der Waals surface area contributed by atoms with Crippen molar-refractivity contribution in [2.75, 3.05) is 26.8 Å². The highest BCUT2D eigenvalue weighted by Crippen LogP contribution is 2.48. The molecule has 1 amide bonds. The normalized spacial score (nSPS) is 20.6. The minimum absolute atomic E-state index is 0.317. The number of likely N-dealkylation sites (tertiary alicyclic amines) is 1. The molecule has 2 atom stereocenters. The molecule has 3 aliphatic rings. The largest absolute Gasteiger partial charge is 0.313 e. The van der Waals surface area contributed by atoms with E-state index in [0.717, 1.165) is 45.3 Å². The summed E-state index contributed by atoms with van der Waals surface area (Å²) in [6.07, 6.45) is 12.4. The van der Waals surface area contributed by atoms with Gasteiger partial charge in [0, 0.05) is 43.7 Å². The Morgan fingerprint density at radius 1 is 1.09 bits per heavy atom. The smallest absolute Gasteiger partial charge is 0.226 e. The first-order valence-corrected chi connectivity index (χ1v) is 13.3. The number of amides is 1. The summed E-state index contributed by atoms with van der Waals surface area (Å²) in [4.78, 5) is 17.8.